The molecule has 40 heavy (non-hydrogen) atoms. The first kappa shape index (κ1) is 28.5. The molecule has 0 amide bonds. The number of alkyl halides is 3. The molecule has 1 saturated heterocycles. The SMILES string of the molecule is [C-]#[N+]c1ccc(N2C(=S)N(c3ccc(O)cc3)C(C)(C)/C2=N\C(=S)Nc2ccc(C#N)c(C(F)(F)F)c2)cc1C. The summed E-state index contributed by atoms with van der Waals surface area (Å²) in [5, 5.41) is 21.8. The summed E-state index contributed by atoms with van der Waals surface area (Å²) < 4.78 is 40.4. The minimum absolute atomic E-state index is 0.0123. The van der Waals surface area contributed by atoms with E-state index in [-0.39, 0.29) is 16.5 Å². The number of hydrogen-bond donors (Lipinski definition) is 2. The number of aliphatic imine (C=N–C) groups is 1. The Balaban J connectivity index is 1.80. The van der Waals surface area contributed by atoms with Crippen molar-refractivity contribution in [1.82, 2.24) is 0 Å². The zero-order valence-electron chi connectivity index (χ0n) is 21.4. The largest absolute Gasteiger partial charge is 0.508 e. The van der Waals surface area contributed by atoms with Crippen LogP contribution in [0, 0.1) is 24.8 Å². The first-order valence-corrected chi connectivity index (χ1v) is 12.5. The van der Waals surface area contributed by atoms with Crippen molar-refractivity contribution >= 4 is 63.2 Å². The molecule has 0 saturated carbocycles. The third-order valence-electron chi connectivity index (χ3n) is 6.27. The number of nitrogens with one attached hydrogen (secondary N) is 1. The molecule has 0 aliphatic carbocycles. The van der Waals surface area contributed by atoms with Crippen LogP contribution in [0.5, 0.6) is 5.75 Å². The van der Waals surface area contributed by atoms with Gasteiger partial charge in [-0.2, -0.15) is 18.4 Å². The summed E-state index contributed by atoms with van der Waals surface area (Å²) in [6, 6.07) is 16.4. The van der Waals surface area contributed by atoms with Gasteiger partial charge < -0.3 is 15.3 Å². The molecule has 0 spiro atoms. The summed E-state index contributed by atoms with van der Waals surface area (Å²) in [6.45, 7) is 12.9. The highest BCUT2D eigenvalue weighted by Crippen LogP contribution is 2.39. The van der Waals surface area contributed by atoms with Crippen LogP contribution in [0.1, 0.15) is 30.5 Å². The smallest absolute Gasteiger partial charge is 0.417 e. The normalized spacial score (nSPS) is 15.6. The van der Waals surface area contributed by atoms with Gasteiger partial charge in [-0.05, 0) is 105 Å². The third-order valence-corrected chi connectivity index (χ3v) is 6.83. The van der Waals surface area contributed by atoms with Gasteiger partial charge in [0.2, 0.25) is 0 Å². The molecule has 3 aromatic rings. The topological polar surface area (TPSA) is 79.2 Å². The zero-order valence-corrected chi connectivity index (χ0v) is 23.0. The van der Waals surface area contributed by atoms with Crippen LogP contribution in [0.3, 0.4) is 0 Å². The number of rotatable bonds is 3. The van der Waals surface area contributed by atoms with E-state index in [4.69, 9.17) is 36.3 Å². The zero-order chi connectivity index (χ0) is 29.4. The van der Waals surface area contributed by atoms with Gasteiger partial charge in [0.25, 0.3) is 0 Å². The Kier molecular flexibility index (Phi) is 7.52. The fraction of sp³-hybridized carbons (Fsp3) is 0.179. The number of phenols is 1. The number of phenolic OH excluding ortho intramolecular Hbond substituents is 1. The number of nitriles is 1. The predicted octanol–water partition coefficient (Wildman–Crippen LogP) is 7.33. The van der Waals surface area contributed by atoms with Crippen LogP contribution in [0.25, 0.3) is 4.85 Å². The highest BCUT2D eigenvalue weighted by atomic mass is 32.1. The molecule has 1 fully saturated rings. The molecule has 1 aliphatic heterocycles. The average Bonchev–Trinajstić information content (AvgIpc) is 3.08. The van der Waals surface area contributed by atoms with Gasteiger partial charge in [-0.25, -0.2) is 9.84 Å². The van der Waals surface area contributed by atoms with E-state index >= 15 is 0 Å². The summed E-state index contributed by atoms with van der Waals surface area (Å²) in [4.78, 5) is 11.6. The maximum absolute atomic E-state index is 13.5. The molecular weight excluding hydrogens is 557 g/mol. The van der Waals surface area contributed by atoms with Crippen molar-refractivity contribution < 1.29 is 18.3 Å². The van der Waals surface area contributed by atoms with Crippen molar-refractivity contribution in [3.63, 3.8) is 0 Å². The van der Waals surface area contributed by atoms with Crippen LogP contribution in [-0.2, 0) is 6.18 Å². The highest BCUT2D eigenvalue weighted by molar-refractivity contribution is 7.81. The quantitative estimate of drug-likeness (QED) is 0.249. The molecule has 4 rings (SSSR count). The number of aromatic hydroxyl groups is 1. The Bertz CT molecular complexity index is 1640. The van der Waals surface area contributed by atoms with E-state index in [0.29, 0.717) is 33.6 Å². The Morgan fingerprint density at radius 1 is 1.10 bits per heavy atom. The third kappa shape index (κ3) is 5.32. The van der Waals surface area contributed by atoms with Crippen LogP contribution in [0.4, 0.5) is 35.9 Å². The Labute approximate surface area is 239 Å². The summed E-state index contributed by atoms with van der Waals surface area (Å²) in [7, 11) is 0. The van der Waals surface area contributed by atoms with Gasteiger partial charge in [0.05, 0.1) is 23.8 Å². The van der Waals surface area contributed by atoms with Crippen molar-refractivity contribution in [3.05, 3.63) is 88.8 Å². The lowest BCUT2D eigenvalue weighted by Crippen LogP contribution is -2.45. The predicted molar refractivity (Wildman–Crippen MR) is 157 cm³/mol. The summed E-state index contributed by atoms with van der Waals surface area (Å²) in [5.74, 6) is 0.455. The second-order valence-corrected chi connectivity index (χ2v) is 10.1. The van der Waals surface area contributed by atoms with Gasteiger partial charge in [-0.1, -0.05) is 6.07 Å². The van der Waals surface area contributed by atoms with Crippen molar-refractivity contribution in [2.75, 3.05) is 15.1 Å². The fourth-order valence-electron chi connectivity index (χ4n) is 4.36. The van der Waals surface area contributed by atoms with Gasteiger partial charge in [0.1, 0.15) is 17.1 Å². The molecule has 12 heteroatoms. The molecule has 3 aromatic carbocycles. The van der Waals surface area contributed by atoms with Gasteiger partial charge in [-0.15, -0.1) is 0 Å². The fourth-order valence-corrected chi connectivity index (χ4v) is 5.09. The van der Waals surface area contributed by atoms with Crippen LogP contribution >= 0.6 is 24.4 Å². The van der Waals surface area contributed by atoms with Crippen LogP contribution in [-0.4, -0.2) is 26.7 Å². The molecule has 0 unspecified atom stereocenters. The van der Waals surface area contributed by atoms with E-state index in [2.05, 4.69) is 15.2 Å². The van der Waals surface area contributed by atoms with Crippen molar-refractivity contribution in [2.24, 2.45) is 4.99 Å². The first-order valence-electron chi connectivity index (χ1n) is 11.7. The lowest BCUT2D eigenvalue weighted by molar-refractivity contribution is -0.137. The molecule has 1 aliphatic rings. The van der Waals surface area contributed by atoms with E-state index in [9.17, 15) is 18.3 Å². The summed E-state index contributed by atoms with van der Waals surface area (Å²) in [5.41, 5.74) is -0.0255. The van der Waals surface area contributed by atoms with E-state index in [0.717, 1.165) is 12.1 Å². The molecule has 2 N–H and O–H groups in total. The summed E-state index contributed by atoms with van der Waals surface area (Å²) >= 11 is 11.3. The number of benzene rings is 3. The maximum atomic E-state index is 13.5. The van der Waals surface area contributed by atoms with Crippen molar-refractivity contribution in [3.8, 4) is 11.8 Å². The number of hydrogen-bond acceptors (Lipinski definition) is 4. The minimum atomic E-state index is -4.73. The van der Waals surface area contributed by atoms with E-state index in [1.807, 2.05) is 18.7 Å². The van der Waals surface area contributed by atoms with Gasteiger partial charge >= 0.3 is 6.18 Å². The van der Waals surface area contributed by atoms with Gasteiger partial charge in [0.15, 0.2) is 15.9 Å². The average molecular weight is 579 g/mol. The number of thiocarbonyl (C=S) groups is 2. The van der Waals surface area contributed by atoms with Gasteiger partial charge in [-0.3, -0.25) is 4.90 Å². The molecule has 7 nitrogen and oxygen atoms in total. The lowest BCUT2D eigenvalue weighted by Gasteiger charge is -2.31. The first-order chi connectivity index (χ1) is 18.8. The van der Waals surface area contributed by atoms with Gasteiger partial charge in [0, 0.05) is 17.1 Å². The monoisotopic (exact) mass is 578 g/mol. The standard InChI is InChI=1S/C28H21F3N6OS2/c1-16-13-20(9-12-23(16)33-4)36-24(27(2,3)37(26(36)40)19-7-10-21(38)11-8-19)35-25(39)34-18-6-5-17(15-32)22(14-18)28(29,30)31/h5-14,38H,1-3H3,(H,34,39)/b35-24+. The molecule has 1 heterocycles. The van der Waals surface area contributed by atoms with E-state index in [1.165, 1.54) is 18.2 Å². The summed E-state index contributed by atoms with van der Waals surface area (Å²) in [6.07, 6.45) is -4.73. The Morgan fingerprint density at radius 3 is 2.33 bits per heavy atom. The number of halogens is 3. The van der Waals surface area contributed by atoms with E-state index < -0.39 is 22.8 Å². The molecule has 0 aromatic heterocycles. The van der Waals surface area contributed by atoms with Crippen molar-refractivity contribution in [2.45, 2.75) is 32.5 Å². The second kappa shape index (κ2) is 10.6. The second-order valence-electron chi connectivity index (χ2n) is 9.35. The van der Waals surface area contributed by atoms with Crippen LogP contribution < -0.4 is 15.1 Å². The number of amidine groups is 1. The maximum Gasteiger partial charge on any atom is 0.417 e. The number of anilines is 3. The molecular formula is C28H21F3N6OS2. The molecule has 0 atom stereocenters. The Hall–Kier alpha value is -4.52. The Morgan fingerprint density at radius 2 is 1.75 bits per heavy atom. The molecule has 0 radical (unpaired) electrons. The van der Waals surface area contributed by atoms with Crippen LogP contribution in [0.15, 0.2) is 65.7 Å². The highest BCUT2D eigenvalue weighted by Gasteiger charge is 2.48. The van der Waals surface area contributed by atoms with E-state index in [1.54, 1.807) is 48.2 Å². The number of nitrogens with zero attached hydrogens (tertiary/aromatic N) is 5. The molecule has 0 bridgehead atoms. The molecule has 202 valence electrons. The number of aryl methyl sites for hydroxylation is 1. The van der Waals surface area contributed by atoms with Crippen molar-refractivity contribution in [1.29, 1.82) is 5.26 Å². The van der Waals surface area contributed by atoms with Crippen LogP contribution in [0.2, 0.25) is 0 Å². The lowest BCUT2D eigenvalue weighted by atomic mass is 10.0. The minimum Gasteiger partial charge on any atom is -0.508 e.